The van der Waals surface area contributed by atoms with Gasteiger partial charge in [-0.2, -0.15) is 4.73 Å². The molecule has 0 radical (unpaired) electrons. The molecule has 1 aliphatic heterocycles. The molecule has 2 rings (SSSR count). The van der Waals surface area contributed by atoms with E-state index >= 15 is 0 Å². The predicted molar refractivity (Wildman–Crippen MR) is 62.1 cm³/mol. The van der Waals surface area contributed by atoms with Crippen molar-refractivity contribution in [2.75, 3.05) is 12.3 Å². The molecular weight excluding hydrogens is 240 g/mol. The summed E-state index contributed by atoms with van der Waals surface area (Å²) >= 11 is 1.34. The van der Waals surface area contributed by atoms with E-state index in [9.17, 15) is 14.8 Å². The molecule has 1 aromatic rings. The first kappa shape index (κ1) is 11.9. The summed E-state index contributed by atoms with van der Waals surface area (Å²) in [6.07, 6.45) is 2.06. The number of aromatic nitrogens is 1. The quantitative estimate of drug-likeness (QED) is 0.340. The van der Waals surface area contributed by atoms with E-state index < -0.39 is 0 Å². The van der Waals surface area contributed by atoms with Gasteiger partial charge < -0.3 is 5.21 Å². The van der Waals surface area contributed by atoms with Crippen LogP contribution in [0.2, 0.25) is 0 Å². The second-order valence-corrected chi connectivity index (χ2v) is 4.77. The van der Waals surface area contributed by atoms with Crippen LogP contribution in [0.5, 0.6) is 0 Å². The van der Waals surface area contributed by atoms with Crippen LogP contribution in [0.15, 0.2) is 29.4 Å². The molecule has 0 bridgehead atoms. The van der Waals surface area contributed by atoms with Crippen LogP contribution in [0.25, 0.3) is 0 Å². The first-order valence-corrected chi connectivity index (χ1v) is 6.31. The molecule has 1 aliphatic rings. The highest BCUT2D eigenvalue weighted by molar-refractivity contribution is 7.99. The smallest absolute Gasteiger partial charge is 0.251 e. The third-order valence-corrected chi connectivity index (χ3v) is 3.51. The van der Waals surface area contributed by atoms with Crippen molar-refractivity contribution in [1.29, 1.82) is 0 Å². The average molecular weight is 252 g/mol. The molecular formula is C11H12N2O3S. The summed E-state index contributed by atoms with van der Waals surface area (Å²) in [5, 5.41) is 11.9. The lowest BCUT2D eigenvalue weighted by Crippen LogP contribution is -2.32. The van der Waals surface area contributed by atoms with Crippen LogP contribution in [-0.2, 0) is 9.59 Å². The second kappa shape index (κ2) is 5.18. The number of amides is 2. The van der Waals surface area contributed by atoms with E-state index in [4.69, 9.17) is 0 Å². The highest BCUT2D eigenvalue weighted by Crippen LogP contribution is 2.16. The number of thioether (sulfide) groups is 1. The fourth-order valence-electron chi connectivity index (χ4n) is 1.64. The van der Waals surface area contributed by atoms with Gasteiger partial charge in [-0.1, -0.05) is 11.8 Å². The van der Waals surface area contributed by atoms with Crippen molar-refractivity contribution in [3.8, 4) is 0 Å². The lowest BCUT2D eigenvalue weighted by molar-refractivity contribution is -0.645. The van der Waals surface area contributed by atoms with Crippen LogP contribution < -0.4 is 4.73 Å². The number of rotatable bonds is 4. The van der Waals surface area contributed by atoms with Gasteiger partial charge in [0.15, 0.2) is 6.20 Å². The minimum atomic E-state index is -0.112. The van der Waals surface area contributed by atoms with Crippen LogP contribution in [0.1, 0.15) is 12.8 Å². The summed E-state index contributed by atoms with van der Waals surface area (Å²) in [7, 11) is 0. The van der Waals surface area contributed by atoms with Gasteiger partial charge in [0, 0.05) is 37.3 Å². The zero-order valence-electron chi connectivity index (χ0n) is 9.17. The standard InChI is InChI=1S/C11H12N2O3S/c14-9-4-5-10(15)12(9)7-8-17-11-3-1-2-6-13(11)16/h1-3,6H,4-5,7-8H2. The third-order valence-electron chi connectivity index (χ3n) is 2.51. The van der Waals surface area contributed by atoms with Crippen LogP contribution in [0.3, 0.4) is 0 Å². The van der Waals surface area contributed by atoms with Crippen LogP contribution in [0, 0.1) is 5.21 Å². The molecule has 0 aromatic carbocycles. The number of carbonyl (C=O) groups excluding carboxylic acids is 2. The van der Waals surface area contributed by atoms with E-state index in [1.54, 1.807) is 18.2 Å². The first-order valence-electron chi connectivity index (χ1n) is 5.32. The summed E-state index contributed by atoms with van der Waals surface area (Å²) in [5.41, 5.74) is 0. The predicted octanol–water partition coefficient (Wildman–Crippen LogP) is 0.561. The topological polar surface area (TPSA) is 64.3 Å². The van der Waals surface area contributed by atoms with Gasteiger partial charge in [-0.3, -0.25) is 14.5 Å². The zero-order chi connectivity index (χ0) is 12.3. The van der Waals surface area contributed by atoms with Crippen LogP contribution >= 0.6 is 11.8 Å². The minimum absolute atomic E-state index is 0.112. The van der Waals surface area contributed by atoms with E-state index in [2.05, 4.69) is 0 Å². The van der Waals surface area contributed by atoms with Crippen molar-refractivity contribution in [3.05, 3.63) is 29.6 Å². The molecule has 1 fully saturated rings. The number of hydrogen-bond acceptors (Lipinski definition) is 4. The Balaban J connectivity index is 1.86. The van der Waals surface area contributed by atoms with Gasteiger partial charge in [0.1, 0.15) is 0 Å². The molecule has 0 saturated carbocycles. The maximum atomic E-state index is 11.3. The average Bonchev–Trinajstić information content (AvgIpc) is 2.63. The Morgan fingerprint density at radius 2 is 2.00 bits per heavy atom. The Kier molecular flexibility index (Phi) is 3.63. The number of imide groups is 1. The Labute approximate surface area is 103 Å². The Hall–Kier alpha value is -1.56. The van der Waals surface area contributed by atoms with E-state index in [0.29, 0.717) is 30.2 Å². The summed E-state index contributed by atoms with van der Waals surface area (Å²) in [6, 6.07) is 5.15. The molecule has 17 heavy (non-hydrogen) atoms. The van der Waals surface area contributed by atoms with Crippen molar-refractivity contribution < 1.29 is 14.3 Å². The lowest BCUT2D eigenvalue weighted by atomic mass is 10.4. The molecule has 0 unspecified atom stereocenters. The SMILES string of the molecule is O=C1CCC(=O)N1CCSc1cccc[n+]1[O-]. The molecule has 1 aromatic heterocycles. The molecule has 2 amide bonds. The Morgan fingerprint density at radius 3 is 2.65 bits per heavy atom. The van der Waals surface area contributed by atoms with Gasteiger partial charge in [-0.25, -0.2) is 0 Å². The lowest BCUT2D eigenvalue weighted by Gasteiger charge is -2.12. The number of carbonyl (C=O) groups is 2. The number of likely N-dealkylation sites (tertiary alicyclic amines) is 1. The van der Waals surface area contributed by atoms with E-state index in [-0.39, 0.29) is 11.8 Å². The zero-order valence-corrected chi connectivity index (χ0v) is 9.98. The molecule has 0 atom stereocenters. The molecule has 0 spiro atoms. The van der Waals surface area contributed by atoms with Crippen molar-refractivity contribution in [2.45, 2.75) is 17.9 Å². The maximum Gasteiger partial charge on any atom is 0.251 e. The van der Waals surface area contributed by atoms with Gasteiger partial charge in [0.05, 0.1) is 0 Å². The largest absolute Gasteiger partial charge is 0.618 e. The highest BCUT2D eigenvalue weighted by atomic mass is 32.2. The number of pyridine rings is 1. The van der Waals surface area contributed by atoms with E-state index in [0.717, 1.165) is 4.73 Å². The van der Waals surface area contributed by atoms with Crippen molar-refractivity contribution in [2.24, 2.45) is 0 Å². The van der Waals surface area contributed by atoms with E-state index in [1.807, 2.05) is 0 Å². The van der Waals surface area contributed by atoms with E-state index in [1.165, 1.54) is 22.9 Å². The highest BCUT2D eigenvalue weighted by Gasteiger charge is 2.28. The summed E-state index contributed by atoms with van der Waals surface area (Å²) < 4.78 is 0.776. The molecule has 0 aliphatic carbocycles. The fraction of sp³-hybridized carbons (Fsp3) is 0.364. The molecule has 5 nitrogen and oxygen atoms in total. The van der Waals surface area contributed by atoms with Crippen molar-refractivity contribution >= 4 is 23.6 Å². The molecule has 90 valence electrons. The summed E-state index contributed by atoms with van der Waals surface area (Å²) in [6.45, 7) is 0.372. The summed E-state index contributed by atoms with van der Waals surface area (Å²) in [4.78, 5) is 23.9. The maximum absolute atomic E-state index is 11.3. The summed E-state index contributed by atoms with van der Waals surface area (Å²) in [5.74, 6) is 0.321. The minimum Gasteiger partial charge on any atom is -0.618 e. The van der Waals surface area contributed by atoms with Crippen LogP contribution in [0.4, 0.5) is 0 Å². The Bertz CT molecular complexity index is 434. The van der Waals surface area contributed by atoms with Gasteiger partial charge in [0.2, 0.25) is 11.8 Å². The molecule has 1 saturated heterocycles. The normalized spacial score (nSPS) is 15.6. The van der Waals surface area contributed by atoms with Gasteiger partial charge in [-0.05, 0) is 6.07 Å². The van der Waals surface area contributed by atoms with Gasteiger partial charge in [0.25, 0.3) is 5.03 Å². The Morgan fingerprint density at radius 1 is 1.29 bits per heavy atom. The van der Waals surface area contributed by atoms with Crippen molar-refractivity contribution in [3.63, 3.8) is 0 Å². The van der Waals surface area contributed by atoms with Gasteiger partial charge in [-0.15, -0.1) is 0 Å². The third kappa shape index (κ3) is 2.76. The number of nitrogens with zero attached hydrogens (tertiary/aromatic N) is 2. The molecule has 2 heterocycles. The van der Waals surface area contributed by atoms with Crippen LogP contribution in [-0.4, -0.2) is 29.0 Å². The fourth-order valence-corrected chi connectivity index (χ4v) is 2.48. The molecule has 6 heteroatoms. The van der Waals surface area contributed by atoms with Crippen molar-refractivity contribution in [1.82, 2.24) is 4.90 Å². The van der Waals surface area contributed by atoms with Gasteiger partial charge >= 0.3 is 0 Å². The monoisotopic (exact) mass is 252 g/mol. The second-order valence-electron chi connectivity index (χ2n) is 3.65. The molecule has 0 N–H and O–H groups in total. The first-order chi connectivity index (χ1) is 8.18. The number of hydrogen-bond donors (Lipinski definition) is 0.